The molecule has 1 aliphatic heterocycles. The van der Waals surface area contributed by atoms with Crippen LogP contribution in [0.3, 0.4) is 0 Å². The van der Waals surface area contributed by atoms with Crippen LogP contribution in [-0.2, 0) is 6.54 Å². The molecule has 1 N–H and O–H groups in total. The number of aromatic nitrogens is 2. The van der Waals surface area contributed by atoms with Crippen molar-refractivity contribution in [3.05, 3.63) is 71.7 Å². The van der Waals surface area contributed by atoms with E-state index >= 15 is 0 Å². The van der Waals surface area contributed by atoms with Crippen LogP contribution < -0.4 is 5.32 Å². The molecule has 1 saturated heterocycles. The molecule has 156 valence electrons. The molecule has 0 atom stereocenters. The monoisotopic (exact) mass is 412 g/mol. The lowest BCUT2D eigenvalue weighted by molar-refractivity contribution is 0.0926. The van der Waals surface area contributed by atoms with Gasteiger partial charge in [-0.3, -0.25) is 14.7 Å². The predicted octanol–water partition coefficient (Wildman–Crippen LogP) is 3.66. The molecule has 2 aromatic heterocycles. The molecule has 0 spiro atoms. The van der Waals surface area contributed by atoms with Crippen LogP contribution in [0.5, 0.6) is 0 Å². The molecule has 0 unspecified atom stereocenters. The van der Waals surface area contributed by atoms with Crippen molar-refractivity contribution in [1.82, 2.24) is 20.4 Å². The summed E-state index contributed by atoms with van der Waals surface area (Å²) in [5, 5.41) is 6.59. The molecule has 30 heavy (non-hydrogen) atoms. The molecular formula is C22H22F2N4O2. The number of carbonyl (C=O) groups is 1. The Hall–Kier alpha value is -3.13. The SMILES string of the molecule is O=C(NCC1CCN(Cc2ccccn2)CC1)c1cc(-c2ccc(F)cc2F)on1. The van der Waals surface area contributed by atoms with Crippen LogP contribution in [0.4, 0.5) is 8.78 Å². The molecule has 1 fully saturated rings. The van der Waals surface area contributed by atoms with Crippen LogP contribution in [0.25, 0.3) is 11.3 Å². The average Bonchev–Trinajstić information content (AvgIpc) is 3.24. The van der Waals surface area contributed by atoms with Gasteiger partial charge in [-0.2, -0.15) is 0 Å². The first kappa shape index (κ1) is 20.2. The Balaban J connectivity index is 1.26. The van der Waals surface area contributed by atoms with Crippen LogP contribution in [-0.4, -0.2) is 40.6 Å². The summed E-state index contributed by atoms with van der Waals surface area (Å²) in [6.45, 7) is 3.29. The lowest BCUT2D eigenvalue weighted by Gasteiger charge is -2.31. The summed E-state index contributed by atoms with van der Waals surface area (Å²) in [5.74, 6) is -1.35. The molecule has 4 rings (SSSR count). The maximum absolute atomic E-state index is 13.9. The van der Waals surface area contributed by atoms with Crippen molar-refractivity contribution >= 4 is 5.91 Å². The van der Waals surface area contributed by atoms with E-state index in [1.54, 1.807) is 6.20 Å². The fourth-order valence-electron chi connectivity index (χ4n) is 3.60. The number of nitrogens with one attached hydrogen (secondary N) is 1. The summed E-state index contributed by atoms with van der Waals surface area (Å²) in [6.07, 6.45) is 3.77. The maximum atomic E-state index is 13.9. The summed E-state index contributed by atoms with van der Waals surface area (Å²) in [7, 11) is 0. The van der Waals surface area contributed by atoms with Crippen LogP contribution in [0.15, 0.2) is 53.2 Å². The molecule has 0 saturated carbocycles. The first-order valence-electron chi connectivity index (χ1n) is 9.91. The van der Waals surface area contributed by atoms with Crippen molar-refractivity contribution in [3.63, 3.8) is 0 Å². The van der Waals surface area contributed by atoms with Crippen molar-refractivity contribution in [1.29, 1.82) is 0 Å². The number of piperidine rings is 1. The minimum absolute atomic E-state index is 0.0585. The third-order valence-corrected chi connectivity index (χ3v) is 5.31. The minimum atomic E-state index is -0.768. The number of likely N-dealkylation sites (tertiary alicyclic amines) is 1. The molecule has 0 bridgehead atoms. The third kappa shape index (κ3) is 4.88. The van der Waals surface area contributed by atoms with Gasteiger partial charge in [0.2, 0.25) is 0 Å². The largest absolute Gasteiger partial charge is 0.355 e. The van der Waals surface area contributed by atoms with Crippen molar-refractivity contribution in [2.45, 2.75) is 19.4 Å². The van der Waals surface area contributed by atoms with Crippen molar-refractivity contribution in [3.8, 4) is 11.3 Å². The highest BCUT2D eigenvalue weighted by molar-refractivity contribution is 5.93. The summed E-state index contributed by atoms with van der Waals surface area (Å²) in [5.41, 5.74) is 1.19. The molecule has 3 heterocycles. The number of carbonyl (C=O) groups excluding carboxylic acids is 1. The van der Waals surface area contributed by atoms with E-state index in [2.05, 4.69) is 20.4 Å². The van der Waals surface area contributed by atoms with Gasteiger partial charge in [0, 0.05) is 31.4 Å². The van der Waals surface area contributed by atoms with E-state index in [4.69, 9.17) is 4.52 Å². The zero-order valence-electron chi connectivity index (χ0n) is 16.4. The number of nitrogens with zero attached hydrogens (tertiary/aromatic N) is 3. The van der Waals surface area contributed by atoms with Gasteiger partial charge in [0.25, 0.3) is 5.91 Å². The molecule has 1 amide bonds. The van der Waals surface area contributed by atoms with Gasteiger partial charge in [-0.05, 0) is 56.1 Å². The van der Waals surface area contributed by atoms with Gasteiger partial charge < -0.3 is 9.84 Å². The second-order valence-electron chi connectivity index (χ2n) is 7.45. The van der Waals surface area contributed by atoms with Gasteiger partial charge in [-0.15, -0.1) is 0 Å². The Morgan fingerprint density at radius 3 is 2.73 bits per heavy atom. The molecule has 1 aromatic carbocycles. The van der Waals surface area contributed by atoms with E-state index in [1.807, 2.05) is 18.2 Å². The second kappa shape index (κ2) is 9.13. The lowest BCUT2D eigenvalue weighted by atomic mass is 9.96. The predicted molar refractivity (Wildman–Crippen MR) is 106 cm³/mol. The molecule has 8 heteroatoms. The van der Waals surface area contributed by atoms with Gasteiger partial charge in [0.05, 0.1) is 11.3 Å². The topological polar surface area (TPSA) is 71.3 Å². The van der Waals surface area contributed by atoms with E-state index in [-0.39, 0.29) is 22.9 Å². The Kier molecular flexibility index (Phi) is 6.13. The number of pyridine rings is 1. The highest BCUT2D eigenvalue weighted by atomic mass is 19.1. The molecule has 0 radical (unpaired) electrons. The molecular weight excluding hydrogens is 390 g/mol. The maximum Gasteiger partial charge on any atom is 0.273 e. The van der Waals surface area contributed by atoms with E-state index < -0.39 is 11.6 Å². The summed E-state index contributed by atoms with van der Waals surface area (Å²) in [4.78, 5) is 19.1. The highest BCUT2D eigenvalue weighted by Crippen LogP contribution is 2.24. The van der Waals surface area contributed by atoms with Gasteiger partial charge in [0.15, 0.2) is 11.5 Å². The number of hydrogen-bond donors (Lipinski definition) is 1. The molecule has 6 nitrogen and oxygen atoms in total. The van der Waals surface area contributed by atoms with E-state index in [0.717, 1.165) is 50.3 Å². The minimum Gasteiger partial charge on any atom is -0.355 e. The summed E-state index contributed by atoms with van der Waals surface area (Å²) < 4.78 is 32.0. The zero-order valence-corrected chi connectivity index (χ0v) is 16.4. The Morgan fingerprint density at radius 1 is 1.17 bits per heavy atom. The first-order chi connectivity index (χ1) is 14.6. The number of rotatable bonds is 6. The fraction of sp³-hybridized carbons (Fsp3) is 0.318. The van der Waals surface area contributed by atoms with Gasteiger partial charge in [0.1, 0.15) is 11.6 Å². The van der Waals surface area contributed by atoms with Gasteiger partial charge in [-0.25, -0.2) is 8.78 Å². The van der Waals surface area contributed by atoms with Crippen LogP contribution >= 0.6 is 0 Å². The first-order valence-corrected chi connectivity index (χ1v) is 9.91. The third-order valence-electron chi connectivity index (χ3n) is 5.31. The van der Waals surface area contributed by atoms with E-state index in [9.17, 15) is 13.6 Å². The molecule has 3 aromatic rings. The second-order valence-corrected chi connectivity index (χ2v) is 7.45. The highest BCUT2D eigenvalue weighted by Gasteiger charge is 2.21. The number of halogens is 2. The van der Waals surface area contributed by atoms with Gasteiger partial charge in [-0.1, -0.05) is 11.2 Å². The Morgan fingerprint density at radius 2 is 2.00 bits per heavy atom. The van der Waals surface area contributed by atoms with Crippen LogP contribution in [0.1, 0.15) is 29.0 Å². The lowest BCUT2D eigenvalue weighted by Crippen LogP contribution is -2.38. The van der Waals surface area contributed by atoms with Crippen LogP contribution in [0.2, 0.25) is 0 Å². The summed E-state index contributed by atoms with van der Waals surface area (Å²) in [6, 6.07) is 10.4. The standard InChI is InChI=1S/C22H22F2N4O2/c23-16-4-5-18(19(24)11-16)21-12-20(27-30-21)22(29)26-13-15-6-9-28(10-7-15)14-17-3-1-2-8-25-17/h1-5,8,11-12,15H,6-7,9-10,13-14H2,(H,26,29). The zero-order chi connectivity index (χ0) is 20.9. The van der Waals surface area contributed by atoms with Gasteiger partial charge >= 0.3 is 0 Å². The normalized spacial score (nSPS) is 15.3. The Labute approximate surface area is 172 Å². The quantitative estimate of drug-likeness (QED) is 0.669. The molecule has 0 aliphatic carbocycles. The fourth-order valence-corrected chi connectivity index (χ4v) is 3.60. The Bertz CT molecular complexity index is 1000. The number of benzene rings is 1. The van der Waals surface area contributed by atoms with E-state index in [0.29, 0.717) is 12.5 Å². The van der Waals surface area contributed by atoms with Crippen molar-refractivity contribution < 1.29 is 18.1 Å². The van der Waals surface area contributed by atoms with E-state index in [1.165, 1.54) is 12.1 Å². The smallest absolute Gasteiger partial charge is 0.273 e. The van der Waals surface area contributed by atoms with Crippen molar-refractivity contribution in [2.75, 3.05) is 19.6 Å². The number of hydrogen-bond acceptors (Lipinski definition) is 5. The number of amides is 1. The van der Waals surface area contributed by atoms with Crippen molar-refractivity contribution in [2.24, 2.45) is 5.92 Å². The molecule has 1 aliphatic rings. The van der Waals surface area contributed by atoms with Crippen LogP contribution in [0, 0.1) is 17.6 Å². The summed E-state index contributed by atoms with van der Waals surface area (Å²) >= 11 is 0. The average molecular weight is 412 g/mol.